The number of hydrogen-bond acceptors (Lipinski definition) is 3. The number of pyridine rings is 1. The number of aromatic nitrogens is 1. The van der Waals surface area contributed by atoms with Crippen LogP contribution in [0.1, 0.15) is 31.9 Å². The van der Waals surface area contributed by atoms with Gasteiger partial charge in [-0.3, -0.25) is 4.98 Å². The maximum atomic E-state index is 5.96. The highest BCUT2D eigenvalue weighted by Gasteiger charge is 2.10. The summed E-state index contributed by atoms with van der Waals surface area (Å²) in [6.45, 7) is 4.78. The fourth-order valence-corrected chi connectivity index (χ4v) is 1.89. The number of ether oxygens (including phenoxy) is 1. The minimum atomic E-state index is 0.00178. The Kier molecular flexibility index (Phi) is 3.59. The molecule has 2 N–H and O–H groups in total. The van der Waals surface area contributed by atoms with E-state index < -0.39 is 0 Å². The van der Waals surface area contributed by atoms with Gasteiger partial charge in [0.15, 0.2) is 0 Å². The first-order chi connectivity index (χ1) is 8.24. The molecule has 0 fully saturated rings. The Morgan fingerprint density at radius 3 is 2.88 bits per heavy atom. The van der Waals surface area contributed by atoms with Crippen molar-refractivity contribution in [3.8, 4) is 5.75 Å². The second-order valence-corrected chi connectivity index (χ2v) is 4.19. The lowest BCUT2D eigenvalue weighted by Crippen LogP contribution is -2.06. The molecule has 3 heteroatoms. The number of benzene rings is 1. The fraction of sp³-hybridized carbons (Fsp3) is 0.357. The van der Waals surface area contributed by atoms with Gasteiger partial charge in [0.1, 0.15) is 11.3 Å². The average Bonchev–Trinajstić information content (AvgIpc) is 2.35. The third kappa shape index (κ3) is 2.39. The van der Waals surface area contributed by atoms with Crippen molar-refractivity contribution in [2.24, 2.45) is 5.73 Å². The van der Waals surface area contributed by atoms with Gasteiger partial charge in [0.2, 0.25) is 0 Å². The van der Waals surface area contributed by atoms with Gasteiger partial charge >= 0.3 is 0 Å². The third-order valence-corrected chi connectivity index (χ3v) is 2.72. The van der Waals surface area contributed by atoms with Gasteiger partial charge in [-0.05, 0) is 31.0 Å². The Labute approximate surface area is 102 Å². The zero-order chi connectivity index (χ0) is 12.3. The molecule has 0 saturated carbocycles. The molecule has 3 nitrogen and oxygen atoms in total. The SMILES string of the molecule is CCCOc1ccc(C(C)N)c2cccnc12. The molecule has 0 amide bonds. The van der Waals surface area contributed by atoms with Gasteiger partial charge in [-0.1, -0.05) is 19.1 Å². The van der Waals surface area contributed by atoms with E-state index in [1.807, 2.05) is 31.2 Å². The molecule has 0 aliphatic heterocycles. The molecule has 1 aromatic carbocycles. The first-order valence-electron chi connectivity index (χ1n) is 6.00. The standard InChI is InChI=1S/C14H18N2O/c1-3-9-17-13-7-6-11(10(2)15)12-5-4-8-16-14(12)13/h4-8,10H,3,9,15H2,1-2H3. The van der Waals surface area contributed by atoms with Crippen LogP contribution >= 0.6 is 0 Å². The smallest absolute Gasteiger partial charge is 0.145 e. The Morgan fingerprint density at radius 1 is 1.35 bits per heavy atom. The summed E-state index contributed by atoms with van der Waals surface area (Å²) in [4.78, 5) is 4.40. The number of rotatable bonds is 4. The van der Waals surface area contributed by atoms with Crippen LogP contribution in [0, 0.1) is 0 Å². The van der Waals surface area contributed by atoms with Crippen LogP contribution in [0.2, 0.25) is 0 Å². The lowest BCUT2D eigenvalue weighted by atomic mass is 10.0. The van der Waals surface area contributed by atoms with Crippen molar-refractivity contribution in [3.05, 3.63) is 36.0 Å². The predicted molar refractivity (Wildman–Crippen MR) is 70.1 cm³/mol. The van der Waals surface area contributed by atoms with Crippen molar-refractivity contribution >= 4 is 10.9 Å². The first kappa shape index (κ1) is 11.9. The molecule has 0 aliphatic rings. The van der Waals surface area contributed by atoms with Crippen molar-refractivity contribution in [2.75, 3.05) is 6.61 Å². The van der Waals surface area contributed by atoms with E-state index in [1.165, 1.54) is 0 Å². The van der Waals surface area contributed by atoms with Crippen LogP contribution in [0.3, 0.4) is 0 Å². The molecule has 17 heavy (non-hydrogen) atoms. The van der Waals surface area contributed by atoms with Crippen molar-refractivity contribution in [2.45, 2.75) is 26.3 Å². The van der Waals surface area contributed by atoms with Crippen LogP contribution in [0.4, 0.5) is 0 Å². The molecule has 0 aliphatic carbocycles. The van der Waals surface area contributed by atoms with Gasteiger partial charge in [0, 0.05) is 17.6 Å². The molecule has 0 radical (unpaired) electrons. The lowest BCUT2D eigenvalue weighted by molar-refractivity contribution is 0.320. The summed E-state index contributed by atoms with van der Waals surface area (Å²) in [5.74, 6) is 0.840. The van der Waals surface area contributed by atoms with Gasteiger partial charge in [-0.15, -0.1) is 0 Å². The zero-order valence-corrected chi connectivity index (χ0v) is 10.3. The Bertz CT molecular complexity index is 509. The van der Waals surface area contributed by atoms with E-state index in [1.54, 1.807) is 6.20 Å². The molecule has 2 aromatic rings. The van der Waals surface area contributed by atoms with Gasteiger partial charge in [0.05, 0.1) is 6.61 Å². The first-order valence-corrected chi connectivity index (χ1v) is 6.00. The average molecular weight is 230 g/mol. The van der Waals surface area contributed by atoms with E-state index in [9.17, 15) is 0 Å². The predicted octanol–water partition coefficient (Wildman–Crippen LogP) is 3.04. The van der Waals surface area contributed by atoms with E-state index in [0.29, 0.717) is 6.61 Å². The molecule has 1 heterocycles. The monoisotopic (exact) mass is 230 g/mol. The third-order valence-electron chi connectivity index (χ3n) is 2.72. The molecule has 0 saturated heterocycles. The van der Waals surface area contributed by atoms with Gasteiger partial charge in [-0.2, -0.15) is 0 Å². The van der Waals surface area contributed by atoms with Crippen LogP contribution in [0.15, 0.2) is 30.5 Å². The van der Waals surface area contributed by atoms with Crippen molar-refractivity contribution < 1.29 is 4.74 Å². The van der Waals surface area contributed by atoms with Gasteiger partial charge in [-0.25, -0.2) is 0 Å². The summed E-state index contributed by atoms with van der Waals surface area (Å²) in [6, 6.07) is 7.96. The molecular formula is C14H18N2O. The van der Waals surface area contributed by atoms with Crippen LogP contribution in [-0.4, -0.2) is 11.6 Å². The second-order valence-electron chi connectivity index (χ2n) is 4.19. The highest BCUT2D eigenvalue weighted by atomic mass is 16.5. The molecular weight excluding hydrogens is 212 g/mol. The topological polar surface area (TPSA) is 48.1 Å². The number of fused-ring (bicyclic) bond motifs is 1. The van der Waals surface area contributed by atoms with Crippen LogP contribution in [0.5, 0.6) is 5.75 Å². The van der Waals surface area contributed by atoms with Crippen molar-refractivity contribution in [1.29, 1.82) is 0 Å². The Balaban J connectivity index is 2.54. The molecule has 1 aromatic heterocycles. The van der Waals surface area contributed by atoms with E-state index in [2.05, 4.69) is 11.9 Å². The largest absolute Gasteiger partial charge is 0.491 e. The summed E-state index contributed by atoms with van der Waals surface area (Å²) >= 11 is 0. The van der Waals surface area contributed by atoms with Crippen LogP contribution in [0.25, 0.3) is 10.9 Å². The van der Waals surface area contributed by atoms with Gasteiger partial charge < -0.3 is 10.5 Å². The number of nitrogens with two attached hydrogens (primary N) is 1. The minimum Gasteiger partial charge on any atom is -0.491 e. The lowest BCUT2D eigenvalue weighted by Gasteiger charge is -2.13. The van der Waals surface area contributed by atoms with Crippen molar-refractivity contribution in [3.63, 3.8) is 0 Å². The Morgan fingerprint density at radius 2 is 2.18 bits per heavy atom. The summed E-state index contributed by atoms with van der Waals surface area (Å²) in [5, 5.41) is 1.08. The quantitative estimate of drug-likeness (QED) is 0.878. The van der Waals surface area contributed by atoms with Gasteiger partial charge in [0.25, 0.3) is 0 Å². The highest BCUT2D eigenvalue weighted by Crippen LogP contribution is 2.29. The van der Waals surface area contributed by atoms with E-state index in [-0.39, 0.29) is 6.04 Å². The maximum absolute atomic E-state index is 5.96. The summed E-state index contributed by atoms with van der Waals surface area (Å²) in [6.07, 6.45) is 2.77. The van der Waals surface area contributed by atoms with E-state index in [4.69, 9.17) is 10.5 Å². The van der Waals surface area contributed by atoms with Crippen molar-refractivity contribution in [1.82, 2.24) is 4.98 Å². The van der Waals surface area contributed by atoms with E-state index >= 15 is 0 Å². The fourth-order valence-electron chi connectivity index (χ4n) is 1.89. The molecule has 0 bridgehead atoms. The van der Waals surface area contributed by atoms with E-state index in [0.717, 1.165) is 28.6 Å². The Hall–Kier alpha value is -1.61. The normalized spacial score (nSPS) is 12.6. The van der Waals surface area contributed by atoms with Crippen LogP contribution < -0.4 is 10.5 Å². The highest BCUT2D eigenvalue weighted by molar-refractivity contribution is 5.87. The minimum absolute atomic E-state index is 0.00178. The number of nitrogens with zero attached hydrogens (tertiary/aromatic N) is 1. The zero-order valence-electron chi connectivity index (χ0n) is 10.3. The molecule has 2 rings (SSSR count). The van der Waals surface area contributed by atoms with Crippen LogP contribution in [-0.2, 0) is 0 Å². The molecule has 90 valence electrons. The number of hydrogen-bond donors (Lipinski definition) is 1. The summed E-state index contributed by atoms with van der Waals surface area (Å²) < 4.78 is 5.70. The summed E-state index contributed by atoms with van der Waals surface area (Å²) in [5.41, 5.74) is 7.97. The molecule has 1 atom stereocenters. The molecule has 0 spiro atoms. The maximum Gasteiger partial charge on any atom is 0.145 e. The summed E-state index contributed by atoms with van der Waals surface area (Å²) in [7, 11) is 0. The molecule has 1 unspecified atom stereocenters. The second kappa shape index (κ2) is 5.15.